The average molecular weight is 293 g/mol. The number of aliphatic hydroxyl groups excluding tert-OH is 1. The molecule has 2 N–H and O–H groups in total. The first kappa shape index (κ1) is 14.8. The van der Waals surface area contributed by atoms with E-state index in [-0.39, 0.29) is 0 Å². The highest BCUT2D eigenvalue weighted by molar-refractivity contribution is 7.07. The van der Waals surface area contributed by atoms with Crippen molar-refractivity contribution >= 4 is 11.3 Å². The van der Waals surface area contributed by atoms with Crippen molar-refractivity contribution in [1.29, 1.82) is 0 Å². The van der Waals surface area contributed by atoms with E-state index in [1.54, 1.807) is 25.6 Å². The van der Waals surface area contributed by atoms with Crippen molar-refractivity contribution in [2.45, 2.75) is 12.6 Å². The van der Waals surface area contributed by atoms with Crippen LogP contribution in [0.4, 0.5) is 0 Å². The first-order chi connectivity index (χ1) is 9.74. The van der Waals surface area contributed by atoms with E-state index in [9.17, 15) is 5.11 Å². The zero-order valence-electron chi connectivity index (χ0n) is 11.6. The van der Waals surface area contributed by atoms with Gasteiger partial charge in [0.05, 0.1) is 20.3 Å². The number of aliphatic hydroxyl groups is 1. The fourth-order valence-corrected chi connectivity index (χ4v) is 2.63. The number of thiophene rings is 1. The summed E-state index contributed by atoms with van der Waals surface area (Å²) in [4.78, 5) is 0. The lowest BCUT2D eigenvalue weighted by Gasteiger charge is -2.12. The third kappa shape index (κ3) is 3.72. The molecule has 1 aromatic carbocycles. The summed E-state index contributed by atoms with van der Waals surface area (Å²) in [5.41, 5.74) is 2.04. The van der Waals surface area contributed by atoms with E-state index in [4.69, 9.17) is 9.47 Å². The summed E-state index contributed by atoms with van der Waals surface area (Å²) in [6, 6.07) is 7.73. The standard InChI is InChI=1S/C15H19NO3S/c1-18-14-4-3-11(7-15(14)19-2)8-16-9-13(17)12-5-6-20-10-12/h3-7,10,13,16-17H,8-9H2,1-2H3. The molecule has 5 heteroatoms. The second-order valence-electron chi connectivity index (χ2n) is 4.39. The van der Waals surface area contributed by atoms with E-state index in [1.807, 2.05) is 35.0 Å². The van der Waals surface area contributed by atoms with Crippen molar-refractivity contribution in [2.24, 2.45) is 0 Å². The maximum atomic E-state index is 9.97. The molecule has 0 aliphatic carbocycles. The van der Waals surface area contributed by atoms with Gasteiger partial charge in [-0.2, -0.15) is 11.3 Å². The van der Waals surface area contributed by atoms with Crippen LogP contribution in [0.3, 0.4) is 0 Å². The van der Waals surface area contributed by atoms with Crippen LogP contribution in [0.5, 0.6) is 11.5 Å². The molecule has 0 spiro atoms. The number of rotatable bonds is 7. The minimum absolute atomic E-state index is 0.471. The summed E-state index contributed by atoms with van der Waals surface area (Å²) in [5, 5.41) is 17.1. The van der Waals surface area contributed by atoms with Crippen LogP contribution in [0.2, 0.25) is 0 Å². The van der Waals surface area contributed by atoms with Gasteiger partial charge in [0.25, 0.3) is 0 Å². The molecule has 0 fully saturated rings. The molecule has 4 nitrogen and oxygen atoms in total. The molecule has 2 aromatic rings. The van der Waals surface area contributed by atoms with Gasteiger partial charge in [0.2, 0.25) is 0 Å². The van der Waals surface area contributed by atoms with Crippen molar-refractivity contribution in [3.05, 3.63) is 46.2 Å². The molecular weight excluding hydrogens is 274 g/mol. The first-order valence-electron chi connectivity index (χ1n) is 6.36. The summed E-state index contributed by atoms with van der Waals surface area (Å²) in [6.07, 6.45) is -0.471. The molecule has 1 atom stereocenters. The summed E-state index contributed by atoms with van der Waals surface area (Å²) in [7, 11) is 3.24. The minimum atomic E-state index is -0.471. The fraction of sp³-hybridized carbons (Fsp3) is 0.333. The molecule has 0 amide bonds. The van der Waals surface area contributed by atoms with Gasteiger partial charge in [-0.05, 0) is 40.1 Å². The van der Waals surface area contributed by atoms with E-state index in [0.29, 0.717) is 18.8 Å². The molecular formula is C15H19NO3S. The van der Waals surface area contributed by atoms with Crippen LogP contribution in [-0.2, 0) is 6.54 Å². The second-order valence-corrected chi connectivity index (χ2v) is 5.17. The van der Waals surface area contributed by atoms with E-state index >= 15 is 0 Å². The van der Waals surface area contributed by atoms with Crippen LogP contribution in [0.25, 0.3) is 0 Å². The predicted molar refractivity (Wildman–Crippen MR) is 80.5 cm³/mol. The zero-order valence-corrected chi connectivity index (χ0v) is 12.4. The summed E-state index contributed by atoms with van der Waals surface area (Å²) < 4.78 is 10.5. The highest BCUT2D eigenvalue weighted by atomic mass is 32.1. The number of hydrogen-bond acceptors (Lipinski definition) is 5. The van der Waals surface area contributed by atoms with Gasteiger partial charge in [-0.3, -0.25) is 0 Å². The lowest BCUT2D eigenvalue weighted by atomic mass is 10.1. The molecule has 0 radical (unpaired) electrons. The Balaban J connectivity index is 1.88. The monoisotopic (exact) mass is 293 g/mol. The topological polar surface area (TPSA) is 50.7 Å². The Bertz CT molecular complexity index is 528. The number of nitrogens with one attached hydrogen (secondary N) is 1. The van der Waals surface area contributed by atoms with Gasteiger partial charge in [-0.25, -0.2) is 0 Å². The normalized spacial score (nSPS) is 12.2. The van der Waals surface area contributed by atoms with Crippen molar-refractivity contribution in [3.8, 4) is 11.5 Å². The highest BCUT2D eigenvalue weighted by Crippen LogP contribution is 2.27. The molecule has 20 heavy (non-hydrogen) atoms. The molecule has 0 saturated heterocycles. The van der Waals surface area contributed by atoms with Crippen molar-refractivity contribution in [3.63, 3.8) is 0 Å². The lowest BCUT2D eigenvalue weighted by Crippen LogP contribution is -2.20. The maximum absolute atomic E-state index is 9.97. The third-order valence-electron chi connectivity index (χ3n) is 3.04. The molecule has 1 aromatic heterocycles. The Labute approximate surface area is 123 Å². The van der Waals surface area contributed by atoms with Crippen molar-refractivity contribution < 1.29 is 14.6 Å². The van der Waals surface area contributed by atoms with Gasteiger partial charge in [0, 0.05) is 13.1 Å². The van der Waals surface area contributed by atoms with Gasteiger partial charge in [0.1, 0.15) is 0 Å². The van der Waals surface area contributed by atoms with Crippen LogP contribution in [0.1, 0.15) is 17.2 Å². The van der Waals surface area contributed by atoms with E-state index in [0.717, 1.165) is 16.9 Å². The summed E-state index contributed by atoms with van der Waals surface area (Å²) in [5.74, 6) is 1.43. The molecule has 108 valence electrons. The molecule has 1 heterocycles. The van der Waals surface area contributed by atoms with Crippen LogP contribution < -0.4 is 14.8 Å². The Morgan fingerprint density at radius 2 is 2.00 bits per heavy atom. The smallest absolute Gasteiger partial charge is 0.161 e. The third-order valence-corrected chi connectivity index (χ3v) is 3.74. The number of methoxy groups -OCH3 is 2. The summed E-state index contributed by atoms with van der Waals surface area (Å²) >= 11 is 1.59. The molecule has 2 rings (SSSR count). The van der Waals surface area contributed by atoms with Gasteiger partial charge < -0.3 is 19.9 Å². The van der Waals surface area contributed by atoms with Gasteiger partial charge in [-0.1, -0.05) is 6.07 Å². The zero-order chi connectivity index (χ0) is 14.4. The van der Waals surface area contributed by atoms with Gasteiger partial charge in [0.15, 0.2) is 11.5 Å². The Morgan fingerprint density at radius 1 is 1.20 bits per heavy atom. The van der Waals surface area contributed by atoms with E-state index in [1.165, 1.54) is 0 Å². The van der Waals surface area contributed by atoms with Crippen molar-refractivity contribution in [1.82, 2.24) is 5.32 Å². The number of benzene rings is 1. The first-order valence-corrected chi connectivity index (χ1v) is 7.30. The highest BCUT2D eigenvalue weighted by Gasteiger charge is 2.08. The van der Waals surface area contributed by atoms with Crippen LogP contribution >= 0.6 is 11.3 Å². The quantitative estimate of drug-likeness (QED) is 0.824. The van der Waals surface area contributed by atoms with Gasteiger partial charge in [-0.15, -0.1) is 0 Å². The average Bonchev–Trinajstić information content (AvgIpc) is 3.01. The van der Waals surface area contributed by atoms with Crippen LogP contribution in [0.15, 0.2) is 35.0 Å². The minimum Gasteiger partial charge on any atom is -0.493 e. The number of ether oxygens (including phenoxy) is 2. The van der Waals surface area contributed by atoms with E-state index in [2.05, 4.69) is 5.32 Å². The Hall–Kier alpha value is -1.56. The second kappa shape index (κ2) is 7.28. The largest absolute Gasteiger partial charge is 0.493 e. The fourth-order valence-electron chi connectivity index (χ4n) is 1.93. The molecule has 0 aliphatic heterocycles. The molecule has 0 saturated carbocycles. The SMILES string of the molecule is COc1ccc(CNCC(O)c2ccsc2)cc1OC. The molecule has 0 bridgehead atoms. The molecule has 0 aliphatic rings. The lowest BCUT2D eigenvalue weighted by molar-refractivity contribution is 0.175. The number of hydrogen-bond donors (Lipinski definition) is 2. The predicted octanol–water partition coefficient (Wildman–Crippen LogP) is 2.59. The Morgan fingerprint density at radius 3 is 2.65 bits per heavy atom. The maximum Gasteiger partial charge on any atom is 0.161 e. The van der Waals surface area contributed by atoms with E-state index < -0.39 is 6.10 Å². The Kier molecular flexibility index (Phi) is 5.40. The van der Waals surface area contributed by atoms with Crippen molar-refractivity contribution in [2.75, 3.05) is 20.8 Å². The summed E-state index contributed by atoms with van der Waals surface area (Å²) in [6.45, 7) is 1.19. The van der Waals surface area contributed by atoms with Crippen LogP contribution in [0, 0.1) is 0 Å². The van der Waals surface area contributed by atoms with Crippen LogP contribution in [-0.4, -0.2) is 25.9 Å². The van der Waals surface area contributed by atoms with Gasteiger partial charge >= 0.3 is 0 Å². The molecule has 1 unspecified atom stereocenters.